The van der Waals surface area contributed by atoms with Crippen LogP contribution in [0.3, 0.4) is 0 Å². The quantitative estimate of drug-likeness (QED) is 0.829. The van der Waals surface area contributed by atoms with Crippen molar-refractivity contribution in [2.45, 2.75) is 44.4 Å². The summed E-state index contributed by atoms with van der Waals surface area (Å²) in [4.78, 5) is 11.8. The summed E-state index contributed by atoms with van der Waals surface area (Å²) in [6.45, 7) is 3.82. The molecule has 19 heavy (non-hydrogen) atoms. The molecule has 1 fully saturated rings. The monoisotopic (exact) mass is 284 g/mol. The zero-order chi connectivity index (χ0) is 13.9. The fourth-order valence-electron chi connectivity index (χ4n) is 2.21. The van der Waals surface area contributed by atoms with E-state index in [9.17, 15) is 9.90 Å². The average Bonchev–Trinajstić information content (AvgIpc) is 2.65. The third-order valence-electron chi connectivity index (χ3n) is 3.68. The van der Waals surface area contributed by atoms with Crippen molar-refractivity contribution in [1.82, 2.24) is 10.5 Å². The van der Waals surface area contributed by atoms with Crippen LogP contribution < -0.4 is 5.32 Å². The van der Waals surface area contributed by atoms with Crippen LogP contribution in [0.25, 0.3) is 0 Å². The highest BCUT2D eigenvalue weighted by molar-refractivity contribution is 7.99. The first-order chi connectivity index (χ1) is 9.06. The molecule has 0 aliphatic heterocycles. The highest BCUT2D eigenvalue weighted by Gasteiger charge is 2.37. The second-order valence-electron chi connectivity index (χ2n) is 5.14. The van der Waals surface area contributed by atoms with Crippen LogP contribution in [-0.4, -0.2) is 34.1 Å². The minimum atomic E-state index is -0.347. The molecule has 0 saturated heterocycles. The maximum atomic E-state index is 11.8. The number of rotatable bonds is 6. The summed E-state index contributed by atoms with van der Waals surface area (Å²) in [5.41, 5.74) is 1.61. The summed E-state index contributed by atoms with van der Waals surface area (Å²) in [5.74, 6) is 1.92. The predicted molar refractivity (Wildman–Crippen MR) is 73.9 cm³/mol. The zero-order valence-electron chi connectivity index (χ0n) is 11.4. The Labute approximate surface area is 117 Å². The molecule has 1 aliphatic rings. The van der Waals surface area contributed by atoms with E-state index in [2.05, 4.69) is 10.5 Å². The van der Waals surface area contributed by atoms with Gasteiger partial charge in [0.1, 0.15) is 5.76 Å². The number of aryl methyl sites for hydroxylation is 2. The Morgan fingerprint density at radius 3 is 2.74 bits per heavy atom. The first kappa shape index (κ1) is 14.4. The van der Waals surface area contributed by atoms with E-state index >= 15 is 0 Å². The van der Waals surface area contributed by atoms with Gasteiger partial charge >= 0.3 is 0 Å². The summed E-state index contributed by atoms with van der Waals surface area (Å²) in [6.07, 6.45) is 2.83. The number of hydrogen-bond acceptors (Lipinski definition) is 5. The number of aromatic nitrogens is 1. The van der Waals surface area contributed by atoms with Gasteiger partial charge in [-0.3, -0.25) is 4.79 Å². The summed E-state index contributed by atoms with van der Waals surface area (Å²) >= 11 is 1.54. The first-order valence-electron chi connectivity index (χ1n) is 6.48. The van der Waals surface area contributed by atoms with Gasteiger partial charge in [-0.1, -0.05) is 5.16 Å². The molecule has 0 aromatic carbocycles. The molecule has 6 heteroatoms. The standard InChI is InChI=1S/C13H20N2O3S/c1-9-11(10(2)18-15-9)6-19-7-12(17)14-13(8-16)4-3-5-13/h16H,3-8H2,1-2H3,(H,14,17). The Bertz CT molecular complexity index is 430. The van der Waals surface area contributed by atoms with Crippen LogP contribution in [0.1, 0.15) is 36.3 Å². The molecule has 5 nitrogen and oxygen atoms in total. The lowest BCUT2D eigenvalue weighted by Crippen LogP contribution is -2.56. The molecule has 0 unspecified atom stereocenters. The molecule has 0 spiro atoms. The third-order valence-corrected chi connectivity index (χ3v) is 4.64. The van der Waals surface area contributed by atoms with E-state index in [-0.39, 0.29) is 18.1 Å². The van der Waals surface area contributed by atoms with Crippen LogP contribution in [0.2, 0.25) is 0 Å². The van der Waals surface area contributed by atoms with Crippen LogP contribution in [0.5, 0.6) is 0 Å². The van der Waals surface area contributed by atoms with Crippen molar-refractivity contribution in [2.75, 3.05) is 12.4 Å². The molecule has 1 saturated carbocycles. The molecule has 1 aromatic heterocycles. The van der Waals surface area contributed by atoms with E-state index in [4.69, 9.17) is 4.52 Å². The molecule has 1 heterocycles. The Hall–Kier alpha value is -1.01. The molecule has 1 amide bonds. The molecule has 0 radical (unpaired) electrons. The van der Waals surface area contributed by atoms with E-state index in [0.717, 1.165) is 42.0 Å². The number of thioether (sulfide) groups is 1. The highest BCUT2D eigenvalue weighted by atomic mass is 32.2. The van der Waals surface area contributed by atoms with Crippen LogP contribution in [0.4, 0.5) is 0 Å². The van der Waals surface area contributed by atoms with Crippen LogP contribution in [-0.2, 0) is 10.5 Å². The predicted octanol–water partition coefficient (Wildman–Crippen LogP) is 1.56. The number of nitrogens with zero attached hydrogens (tertiary/aromatic N) is 1. The second-order valence-corrected chi connectivity index (χ2v) is 6.12. The minimum absolute atomic E-state index is 0.00879. The fourth-order valence-corrected chi connectivity index (χ4v) is 3.19. The number of carbonyl (C=O) groups excluding carboxylic acids is 1. The lowest BCUT2D eigenvalue weighted by atomic mass is 9.77. The largest absolute Gasteiger partial charge is 0.394 e. The first-order valence-corrected chi connectivity index (χ1v) is 7.63. The molecule has 106 valence electrons. The number of nitrogens with one attached hydrogen (secondary N) is 1. The Kier molecular flexibility index (Phi) is 4.52. The summed E-state index contributed by atoms with van der Waals surface area (Å²) in [6, 6.07) is 0. The number of carbonyl (C=O) groups is 1. The molecule has 0 atom stereocenters. The molecule has 1 aliphatic carbocycles. The van der Waals surface area contributed by atoms with Crippen molar-refractivity contribution in [2.24, 2.45) is 0 Å². The van der Waals surface area contributed by atoms with Gasteiger partial charge in [-0.15, -0.1) is 11.8 Å². The fraction of sp³-hybridized carbons (Fsp3) is 0.692. The van der Waals surface area contributed by atoms with Gasteiger partial charge in [-0.05, 0) is 33.1 Å². The molecular formula is C13H20N2O3S. The van der Waals surface area contributed by atoms with Crippen molar-refractivity contribution < 1.29 is 14.4 Å². The van der Waals surface area contributed by atoms with Gasteiger partial charge in [0.05, 0.1) is 23.6 Å². The van der Waals surface area contributed by atoms with Crippen LogP contribution in [0.15, 0.2) is 4.52 Å². The average molecular weight is 284 g/mol. The topological polar surface area (TPSA) is 75.4 Å². The zero-order valence-corrected chi connectivity index (χ0v) is 12.2. The Morgan fingerprint density at radius 2 is 2.26 bits per heavy atom. The SMILES string of the molecule is Cc1noc(C)c1CSCC(=O)NC1(CO)CCC1. The van der Waals surface area contributed by atoms with Gasteiger partial charge in [0.15, 0.2) is 0 Å². The smallest absolute Gasteiger partial charge is 0.230 e. The second kappa shape index (κ2) is 5.96. The molecule has 2 rings (SSSR count). The maximum Gasteiger partial charge on any atom is 0.230 e. The Balaban J connectivity index is 1.75. The number of amides is 1. The molecule has 1 aromatic rings. The van der Waals surface area contributed by atoms with Gasteiger partial charge < -0.3 is 14.9 Å². The van der Waals surface area contributed by atoms with Gasteiger partial charge in [0, 0.05) is 11.3 Å². The van der Waals surface area contributed by atoms with E-state index in [0.29, 0.717) is 5.75 Å². The van der Waals surface area contributed by atoms with E-state index in [1.54, 1.807) is 0 Å². The van der Waals surface area contributed by atoms with Crippen molar-refractivity contribution in [3.05, 3.63) is 17.0 Å². The van der Waals surface area contributed by atoms with E-state index < -0.39 is 0 Å². The summed E-state index contributed by atoms with van der Waals surface area (Å²) in [7, 11) is 0. The van der Waals surface area contributed by atoms with Crippen LogP contribution >= 0.6 is 11.8 Å². The highest BCUT2D eigenvalue weighted by Crippen LogP contribution is 2.31. The van der Waals surface area contributed by atoms with Gasteiger partial charge in [0.2, 0.25) is 5.91 Å². The molecule has 2 N–H and O–H groups in total. The lowest BCUT2D eigenvalue weighted by Gasteiger charge is -2.40. The number of aliphatic hydroxyl groups excluding tert-OH is 1. The van der Waals surface area contributed by atoms with Crippen molar-refractivity contribution in [1.29, 1.82) is 0 Å². The summed E-state index contributed by atoms with van der Waals surface area (Å²) in [5, 5.41) is 16.1. The van der Waals surface area contributed by atoms with Crippen molar-refractivity contribution in [3.8, 4) is 0 Å². The minimum Gasteiger partial charge on any atom is -0.394 e. The van der Waals surface area contributed by atoms with E-state index in [1.165, 1.54) is 11.8 Å². The van der Waals surface area contributed by atoms with Gasteiger partial charge in [-0.25, -0.2) is 0 Å². The third kappa shape index (κ3) is 3.30. The van der Waals surface area contributed by atoms with Gasteiger partial charge in [0.25, 0.3) is 0 Å². The normalized spacial score (nSPS) is 17.0. The molecular weight excluding hydrogens is 264 g/mol. The van der Waals surface area contributed by atoms with Crippen molar-refractivity contribution >= 4 is 17.7 Å². The summed E-state index contributed by atoms with van der Waals surface area (Å²) < 4.78 is 5.08. The lowest BCUT2D eigenvalue weighted by molar-refractivity contribution is -0.122. The molecule has 0 bridgehead atoms. The van der Waals surface area contributed by atoms with Crippen LogP contribution in [0, 0.1) is 13.8 Å². The number of aliphatic hydroxyl groups is 1. The maximum absolute atomic E-state index is 11.8. The van der Waals surface area contributed by atoms with Crippen molar-refractivity contribution in [3.63, 3.8) is 0 Å². The Morgan fingerprint density at radius 1 is 1.53 bits per heavy atom. The van der Waals surface area contributed by atoms with Gasteiger partial charge in [-0.2, -0.15) is 0 Å². The van der Waals surface area contributed by atoms with E-state index in [1.807, 2.05) is 13.8 Å². The number of hydrogen-bond donors (Lipinski definition) is 2.